The van der Waals surface area contributed by atoms with Crippen LogP contribution in [0.5, 0.6) is 0 Å². The Morgan fingerprint density at radius 3 is 2.44 bits per heavy atom. The molecule has 1 N–H and O–H groups in total. The summed E-state index contributed by atoms with van der Waals surface area (Å²) in [5.41, 5.74) is 1.39. The van der Waals surface area contributed by atoms with Gasteiger partial charge in [-0.25, -0.2) is 0 Å². The molecule has 1 unspecified atom stereocenters. The Morgan fingerprint density at radius 2 is 1.66 bits per heavy atom. The van der Waals surface area contributed by atoms with Gasteiger partial charge < -0.3 is 5.11 Å². The van der Waals surface area contributed by atoms with Crippen molar-refractivity contribution < 1.29 is 14.7 Å². The summed E-state index contributed by atoms with van der Waals surface area (Å²) in [7, 11) is 0. The predicted molar refractivity (Wildman–Crippen MR) is 124 cm³/mol. The SMILES string of the molecule is O=C1C(=O)N(c2cccc(Cl)c2)C(c2ccccn2)/C1=C(/O)c1cccc2ccccc12. The lowest BCUT2D eigenvalue weighted by Crippen LogP contribution is -2.29. The third-order valence-electron chi connectivity index (χ3n) is 5.54. The van der Waals surface area contributed by atoms with Gasteiger partial charge in [0.05, 0.1) is 11.3 Å². The molecule has 4 aromatic rings. The molecule has 5 rings (SSSR count). The zero-order valence-corrected chi connectivity index (χ0v) is 17.5. The average molecular weight is 441 g/mol. The van der Waals surface area contributed by atoms with Crippen LogP contribution >= 0.6 is 11.6 Å². The molecule has 32 heavy (non-hydrogen) atoms. The highest BCUT2D eigenvalue weighted by Crippen LogP contribution is 2.42. The summed E-state index contributed by atoms with van der Waals surface area (Å²) in [6.07, 6.45) is 1.59. The molecule has 0 aliphatic carbocycles. The Kier molecular flexibility index (Phi) is 4.96. The van der Waals surface area contributed by atoms with E-state index in [1.807, 2.05) is 30.3 Å². The molecule has 2 heterocycles. The highest BCUT2D eigenvalue weighted by atomic mass is 35.5. The van der Waals surface area contributed by atoms with Gasteiger partial charge in [0, 0.05) is 22.5 Å². The van der Waals surface area contributed by atoms with Crippen LogP contribution in [0.1, 0.15) is 17.3 Å². The molecule has 1 saturated heterocycles. The number of anilines is 1. The van der Waals surface area contributed by atoms with Gasteiger partial charge in [0.25, 0.3) is 11.7 Å². The van der Waals surface area contributed by atoms with Crippen molar-refractivity contribution in [2.24, 2.45) is 0 Å². The lowest BCUT2D eigenvalue weighted by molar-refractivity contribution is -0.132. The van der Waals surface area contributed by atoms with Gasteiger partial charge in [-0.1, -0.05) is 66.2 Å². The normalized spacial score (nSPS) is 17.8. The van der Waals surface area contributed by atoms with E-state index in [1.54, 1.807) is 60.8 Å². The number of rotatable bonds is 3. The number of ketones is 1. The van der Waals surface area contributed by atoms with Gasteiger partial charge >= 0.3 is 0 Å². The summed E-state index contributed by atoms with van der Waals surface area (Å²) in [5, 5.41) is 13.5. The molecule has 1 amide bonds. The van der Waals surface area contributed by atoms with Gasteiger partial charge in [0.15, 0.2) is 0 Å². The fourth-order valence-electron chi connectivity index (χ4n) is 4.12. The number of Topliss-reactive ketones (excluding diaryl/α,β-unsaturated/α-hetero) is 1. The van der Waals surface area contributed by atoms with Gasteiger partial charge in [-0.15, -0.1) is 0 Å². The molecular formula is C26H17ClN2O3. The minimum atomic E-state index is -0.895. The first kappa shape index (κ1) is 20.0. The minimum absolute atomic E-state index is 0.00923. The molecular weight excluding hydrogens is 424 g/mol. The number of fused-ring (bicyclic) bond motifs is 1. The van der Waals surface area contributed by atoms with Crippen LogP contribution in [-0.4, -0.2) is 21.8 Å². The summed E-state index contributed by atoms with van der Waals surface area (Å²) in [6.45, 7) is 0. The average Bonchev–Trinajstić information content (AvgIpc) is 3.09. The molecule has 5 nitrogen and oxygen atoms in total. The number of hydrogen-bond acceptors (Lipinski definition) is 4. The molecule has 0 radical (unpaired) electrons. The standard InChI is InChI=1S/C26H17ClN2O3/c27-17-9-6-10-18(15-17)29-23(21-13-3-4-14-28-21)22(25(31)26(29)32)24(30)20-12-5-8-16-7-1-2-11-19(16)20/h1-15,23,30H/b24-22-. The van der Waals surface area contributed by atoms with E-state index in [4.69, 9.17) is 11.6 Å². The lowest BCUT2D eigenvalue weighted by Gasteiger charge is -2.24. The van der Waals surface area contributed by atoms with Crippen molar-refractivity contribution in [2.75, 3.05) is 4.90 Å². The van der Waals surface area contributed by atoms with Crippen LogP contribution in [0.4, 0.5) is 5.69 Å². The van der Waals surface area contributed by atoms with Crippen molar-refractivity contribution in [3.8, 4) is 0 Å². The molecule has 1 atom stereocenters. The Bertz CT molecular complexity index is 1390. The molecule has 1 aliphatic rings. The number of benzene rings is 3. The smallest absolute Gasteiger partial charge is 0.300 e. The highest BCUT2D eigenvalue weighted by molar-refractivity contribution is 6.52. The maximum Gasteiger partial charge on any atom is 0.300 e. The second kappa shape index (κ2) is 7.94. The van der Waals surface area contributed by atoms with E-state index in [1.165, 1.54) is 4.90 Å². The van der Waals surface area contributed by atoms with Gasteiger partial charge in [-0.3, -0.25) is 19.5 Å². The Labute approximate surface area is 189 Å². The molecule has 0 bridgehead atoms. The first-order valence-electron chi connectivity index (χ1n) is 10.0. The number of aromatic nitrogens is 1. The van der Waals surface area contributed by atoms with Crippen molar-refractivity contribution in [1.82, 2.24) is 4.98 Å². The molecule has 3 aromatic carbocycles. The summed E-state index contributed by atoms with van der Waals surface area (Å²) >= 11 is 6.16. The third kappa shape index (κ3) is 3.24. The van der Waals surface area contributed by atoms with Gasteiger partial charge in [0.1, 0.15) is 11.8 Å². The van der Waals surface area contributed by atoms with Crippen LogP contribution < -0.4 is 4.90 Å². The van der Waals surface area contributed by atoms with Gasteiger partial charge in [-0.2, -0.15) is 0 Å². The number of nitrogens with zero attached hydrogens (tertiary/aromatic N) is 2. The number of amides is 1. The predicted octanol–water partition coefficient (Wildman–Crippen LogP) is 5.51. The first-order chi connectivity index (χ1) is 15.6. The van der Waals surface area contributed by atoms with Crippen molar-refractivity contribution >= 4 is 45.5 Å². The molecule has 156 valence electrons. The maximum absolute atomic E-state index is 13.2. The Morgan fingerprint density at radius 1 is 0.906 bits per heavy atom. The minimum Gasteiger partial charge on any atom is -0.507 e. The zero-order chi connectivity index (χ0) is 22.2. The fourth-order valence-corrected chi connectivity index (χ4v) is 4.30. The molecule has 0 spiro atoms. The fraction of sp³-hybridized carbons (Fsp3) is 0.0385. The summed E-state index contributed by atoms with van der Waals surface area (Å²) in [4.78, 5) is 32.1. The number of aliphatic hydroxyl groups is 1. The van der Waals surface area contributed by atoms with E-state index in [9.17, 15) is 14.7 Å². The molecule has 1 fully saturated rings. The van der Waals surface area contributed by atoms with Crippen LogP contribution in [0.25, 0.3) is 16.5 Å². The molecule has 1 aliphatic heterocycles. The third-order valence-corrected chi connectivity index (χ3v) is 5.78. The summed E-state index contributed by atoms with van der Waals surface area (Å²) < 4.78 is 0. The van der Waals surface area contributed by atoms with Crippen molar-refractivity contribution in [3.05, 3.63) is 113 Å². The topological polar surface area (TPSA) is 70.5 Å². The first-order valence-corrected chi connectivity index (χ1v) is 10.4. The second-order valence-corrected chi connectivity index (χ2v) is 7.87. The van der Waals surface area contributed by atoms with Crippen molar-refractivity contribution in [2.45, 2.75) is 6.04 Å². The van der Waals surface area contributed by atoms with Gasteiger partial charge in [0.2, 0.25) is 0 Å². The lowest BCUT2D eigenvalue weighted by atomic mass is 9.95. The van der Waals surface area contributed by atoms with Gasteiger partial charge in [-0.05, 0) is 41.1 Å². The molecule has 6 heteroatoms. The van der Waals surface area contributed by atoms with Crippen LogP contribution in [0, 0.1) is 0 Å². The summed E-state index contributed by atoms with van der Waals surface area (Å²) in [6, 6.07) is 24.1. The van der Waals surface area contributed by atoms with E-state index in [0.717, 1.165) is 10.8 Å². The summed E-state index contributed by atoms with van der Waals surface area (Å²) in [5.74, 6) is -1.75. The van der Waals surface area contributed by atoms with Crippen LogP contribution in [0.2, 0.25) is 5.02 Å². The maximum atomic E-state index is 13.2. The van der Waals surface area contributed by atoms with E-state index in [-0.39, 0.29) is 11.3 Å². The second-order valence-electron chi connectivity index (χ2n) is 7.43. The van der Waals surface area contributed by atoms with Crippen molar-refractivity contribution in [3.63, 3.8) is 0 Å². The van der Waals surface area contributed by atoms with E-state index < -0.39 is 17.7 Å². The number of hydrogen-bond donors (Lipinski definition) is 1. The Balaban J connectivity index is 1.78. The number of carbonyl (C=O) groups is 2. The number of halogens is 1. The van der Waals surface area contributed by atoms with E-state index in [0.29, 0.717) is 22.0 Å². The van der Waals surface area contributed by atoms with Crippen LogP contribution in [0.15, 0.2) is 96.7 Å². The monoisotopic (exact) mass is 440 g/mol. The largest absolute Gasteiger partial charge is 0.507 e. The number of carbonyl (C=O) groups excluding carboxylic acids is 2. The quantitative estimate of drug-likeness (QED) is 0.259. The zero-order valence-electron chi connectivity index (χ0n) is 16.8. The van der Waals surface area contributed by atoms with E-state index >= 15 is 0 Å². The molecule has 1 aromatic heterocycles. The Hall–Kier alpha value is -3.96. The van der Waals surface area contributed by atoms with Crippen LogP contribution in [0.3, 0.4) is 0 Å². The highest BCUT2D eigenvalue weighted by Gasteiger charge is 2.47. The number of aliphatic hydroxyl groups excluding tert-OH is 1. The molecule has 0 saturated carbocycles. The number of pyridine rings is 1. The van der Waals surface area contributed by atoms with Crippen LogP contribution in [-0.2, 0) is 9.59 Å². The van der Waals surface area contributed by atoms with Crippen molar-refractivity contribution in [1.29, 1.82) is 0 Å². The van der Waals surface area contributed by atoms with E-state index in [2.05, 4.69) is 4.98 Å².